The van der Waals surface area contributed by atoms with Gasteiger partial charge in [0.15, 0.2) is 0 Å². The monoisotopic (exact) mass is 291 g/mol. The summed E-state index contributed by atoms with van der Waals surface area (Å²) in [5.74, 6) is 1.82. The van der Waals surface area contributed by atoms with Crippen LogP contribution in [0.5, 0.6) is 5.75 Å². The van der Waals surface area contributed by atoms with Crippen LogP contribution < -0.4 is 10.5 Å². The molecule has 2 nitrogen and oxygen atoms in total. The summed E-state index contributed by atoms with van der Waals surface area (Å²) in [5, 5.41) is 0.779. The van der Waals surface area contributed by atoms with Crippen LogP contribution in [0, 0.1) is 0 Å². The van der Waals surface area contributed by atoms with Gasteiger partial charge < -0.3 is 10.5 Å². The van der Waals surface area contributed by atoms with Crippen LogP contribution >= 0.6 is 23.4 Å². The maximum atomic E-state index is 6.15. The summed E-state index contributed by atoms with van der Waals surface area (Å²) in [7, 11) is 0. The van der Waals surface area contributed by atoms with Crippen LogP contribution in [0.3, 0.4) is 0 Å². The van der Waals surface area contributed by atoms with Crippen molar-refractivity contribution in [3.05, 3.63) is 52.5 Å². The molecule has 2 aromatic rings. The van der Waals surface area contributed by atoms with E-state index in [0.29, 0.717) is 0 Å². The number of thioether (sulfide) groups is 1. The standard InChI is InChI=1S/C15H14ClNOS/c16-12-7-10-5-6-18-15(10)11(8-12)9-19-14-4-2-1-3-13(14)17/h1-4,7-8H,5-6,9,17H2. The van der Waals surface area contributed by atoms with Crippen LogP contribution in [0.25, 0.3) is 0 Å². The lowest BCUT2D eigenvalue weighted by molar-refractivity contribution is 0.354. The predicted octanol–water partition coefficient (Wildman–Crippen LogP) is 4.15. The molecule has 0 saturated carbocycles. The van der Waals surface area contributed by atoms with Gasteiger partial charge >= 0.3 is 0 Å². The quantitative estimate of drug-likeness (QED) is 0.681. The van der Waals surface area contributed by atoms with Crippen molar-refractivity contribution in [3.8, 4) is 5.75 Å². The van der Waals surface area contributed by atoms with E-state index in [0.717, 1.165) is 45.7 Å². The largest absolute Gasteiger partial charge is 0.493 e. The Morgan fingerprint density at radius 1 is 1.26 bits per heavy atom. The minimum absolute atomic E-state index is 0.751. The molecule has 0 saturated heterocycles. The van der Waals surface area contributed by atoms with Gasteiger partial charge in [-0.15, -0.1) is 11.8 Å². The van der Waals surface area contributed by atoms with E-state index in [1.807, 2.05) is 36.4 Å². The van der Waals surface area contributed by atoms with Crippen molar-refractivity contribution in [2.45, 2.75) is 17.1 Å². The van der Waals surface area contributed by atoms with Crippen LogP contribution in [0.15, 0.2) is 41.3 Å². The first-order chi connectivity index (χ1) is 9.24. The molecular formula is C15H14ClNOS. The normalized spacial score (nSPS) is 13.1. The Kier molecular flexibility index (Phi) is 3.58. The highest BCUT2D eigenvalue weighted by atomic mass is 35.5. The number of benzene rings is 2. The number of fused-ring (bicyclic) bond motifs is 1. The van der Waals surface area contributed by atoms with E-state index >= 15 is 0 Å². The van der Waals surface area contributed by atoms with Crippen molar-refractivity contribution >= 4 is 29.1 Å². The zero-order valence-electron chi connectivity index (χ0n) is 10.4. The first kappa shape index (κ1) is 12.7. The van der Waals surface area contributed by atoms with E-state index in [-0.39, 0.29) is 0 Å². The lowest BCUT2D eigenvalue weighted by atomic mass is 10.1. The zero-order valence-corrected chi connectivity index (χ0v) is 11.9. The Morgan fingerprint density at radius 3 is 2.95 bits per heavy atom. The Labute approximate surface area is 121 Å². The third-order valence-corrected chi connectivity index (χ3v) is 4.48. The van der Waals surface area contributed by atoms with Crippen molar-refractivity contribution < 1.29 is 4.74 Å². The Hall–Kier alpha value is -1.32. The molecule has 1 aliphatic heterocycles. The Balaban J connectivity index is 1.83. The van der Waals surface area contributed by atoms with Crippen molar-refractivity contribution in [2.75, 3.05) is 12.3 Å². The third kappa shape index (κ3) is 2.67. The molecule has 2 aromatic carbocycles. The number of nitrogen functional groups attached to an aromatic ring is 1. The second-order valence-electron chi connectivity index (χ2n) is 4.48. The average Bonchev–Trinajstić information content (AvgIpc) is 2.85. The minimum Gasteiger partial charge on any atom is -0.493 e. The molecule has 1 heterocycles. The summed E-state index contributed by atoms with van der Waals surface area (Å²) in [5.41, 5.74) is 9.12. The highest BCUT2D eigenvalue weighted by Crippen LogP contribution is 2.37. The fourth-order valence-electron chi connectivity index (χ4n) is 2.22. The first-order valence-corrected chi connectivity index (χ1v) is 7.52. The van der Waals surface area contributed by atoms with Gasteiger partial charge in [-0.05, 0) is 29.8 Å². The molecule has 1 aliphatic rings. The van der Waals surface area contributed by atoms with Crippen LogP contribution in [-0.2, 0) is 12.2 Å². The van der Waals surface area contributed by atoms with E-state index < -0.39 is 0 Å². The Bertz CT molecular complexity index is 615. The maximum absolute atomic E-state index is 6.15. The van der Waals surface area contributed by atoms with Crippen LogP contribution in [0.4, 0.5) is 5.69 Å². The summed E-state index contributed by atoms with van der Waals surface area (Å²) in [6, 6.07) is 11.9. The predicted molar refractivity (Wildman–Crippen MR) is 81.1 cm³/mol. The number of halogens is 1. The number of anilines is 1. The van der Waals surface area contributed by atoms with Gasteiger partial charge in [0.25, 0.3) is 0 Å². The van der Waals surface area contributed by atoms with E-state index in [1.165, 1.54) is 5.56 Å². The van der Waals surface area contributed by atoms with E-state index in [1.54, 1.807) is 11.8 Å². The van der Waals surface area contributed by atoms with Gasteiger partial charge in [0, 0.05) is 33.3 Å². The molecule has 0 bridgehead atoms. The highest BCUT2D eigenvalue weighted by molar-refractivity contribution is 7.98. The summed E-state index contributed by atoms with van der Waals surface area (Å²) in [4.78, 5) is 1.09. The first-order valence-electron chi connectivity index (χ1n) is 6.15. The summed E-state index contributed by atoms with van der Waals surface area (Å²) in [6.07, 6.45) is 0.945. The topological polar surface area (TPSA) is 35.2 Å². The number of ether oxygens (including phenoxy) is 1. The van der Waals surface area contributed by atoms with Crippen molar-refractivity contribution in [1.82, 2.24) is 0 Å². The van der Waals surface area contributed by atoms with Crippen molar-refractivity contribution in [2.24, 2.45) is 0 Å². The van der Waals surface area contributed by atoms with Gasteiger partial charge in [-0.1, -0.05) is 23.7 Å². The smallest absolute Gasteiger partial charge is 0.126 e. The molecule has 0 atom stereocenters. The highest BCUT2D eigenvalue weighted by Gasteiger charge is 2.17. The van der Waals surface area contributed by atoms with Crippen molar-refractivity contribution in [1.29, 1.82) is 0 Å². The van der Waals surface area contributed by atoms with Crippen molar-refractivity contribution in [3.63, 3.8) is 0 Å². The molecule has 3 rings (SSSR count). The molecule has 4 heteroatoms. The minimum atomic E-state index is 0.751. The number of hydrogen-bond donors (Lipinski definition) is 1. The average molecular weight is 292 g/mol. The number of nitrogens with two attached hydrogens (primary N) is 1. The summed E-state index contributed by atoms with van der Waals surface area (Å²) >= 11 is 7.86. The van der Waals surface area contributed by atoms with Gasteiger partial charge in [0.1, 0.15) is 5.75 Å². The molecule has 2 N–H and O–H groups in total. The number of para-hydroxylation sites is 1. The van der Waals surface area contributed by atoms with Crippen LogP contribution in [0.2, 0.25) is 5.02 Å². The molecule has 0 radical (unpaired) electrons. The molecule has 0 fully saturated rings. The molecule has 0 spiro atoms. The van der Waals surface area contributed by atoms with E-state index in [2.05, 4.69) is 0 Å². The molecular weight excluding hydrogens is 278 g/mol. The summed E-state index contributed by atoms with van der Waals surface area (Å²) in [6.45, 7) is 0.751. The second kappa shape index (κ2) is 5.35. The van der Waals surface area contributed by atoms with E-state index in [9.17, 15) is 0 Å². The third-order valence-electron chi connectivity index (χ3n) is 3.13. The number of hydrogen-bond acceptors (Lipinski definition) is 3. The second-order valence-corrected chi connectivity index (χ2v) is 5.93. The molecule has 98 valence electrons. The van der Waals surface area contributed by atoms with Crippen LogP contribution in [0.1, 0.15) is 11.1 Å². The fraction of sp³-hybridized carbons (Fsp3) is 0.200. The van der Waals surface area contributed by atoms with Gasteiger partial charge in [-0.3, -0.25) is 0 Å². The molecule has 19 heavy (non-hydrogen) atoms. The van der Waals surface area contributed by atoms with Gasteiger partial charge in [0.05, 0.1) is 6.61 Å². The van der Waals surface area contributed by atoms with E-state index in [4.69, 9.17) is 22.1 Å². The maximum Gasteiger partial charge on any atom is 0.126 e. The number of rotatable bonds is 3. The molecule has 0 aliphatic carbocycles. The van der Waals surface area contributed by atoms with Gasteiger partial charge in [-0.25, -0.2) is 0 Å². The molecule has 0 aromatic heterocycles. The lowest BCUT2D eigenvalue weighted by Crippen LogP contribution is -1.92. The molecule has 0 amide bonds. The van der Waals surface area contributed by atoms with Crippen LogP contribution in [-0.4, -0.2) is 6.61 Å². The SMILES string of the molecule is Nc1ccccc1SCc1cc(Cl)cc2c1OCC2. The molecule has 0 unspecified atom stereocenters. The van der Waals surface area contributed by atoms with Gasteiger partial charge in [-0.2, -0.15) is 0 Å². The van der Waals surface area contributed by atoms with Gasteiger partial charge in [0.2, 0.25) is 0 Å². The zero-order chi connectivity index (χ0) is 13.2. The Morgan fingerprint density at radius 2 is 2.11 bits per heavy atom. The summed E-state index contributed by atoms with van der Waals surface area (Å²) < 4.78 is 5.70. The fourth-order valence-corrected chi connectivity index (χ4v) is 3.42. The lowest BCUT2D eigenvalue weighted by Gasteiger charge is -2.10.